The van der Waals surface area contributed by atoms with Crippen molar-refractivity contribution >= 4 is 32.7 Å². The Hall–Kier alpha value is 0. The summed E-state index contributed by atoms with van der Waals surface area (Å²) >= 11 is 2.18. The van der Waals surface area contributed by atoms with Gasteiger partial charge in [-0.2, -0.15) is 8.42 Å². The topological polar surface area (TPSA) is 71.1 Å². The minimum absolute atomic E-state index is 0.0640. The molecular weight excluding hydrogens is 519 g/mol. The SMILES string of the molecule is C=C(I)C(C)C[C@@H](CC[C@@H]1O[C@@H](CCC2OCC(C)(C)CO2)CC1=C)OS(C)(=O)=O. The van der Waals surface area contributed by atoms with Crippen molar-refractivity contribution < 1.29 is 26.8 Å². The van der Waals surface area contributed by atoms with Gasteiger partial charge in [-0.15, -0.1) is 0 Å². The highest BCUT2D eigenvalue weighted by molar-refractivity contribution is 14.1. The zero-order chi connectivity index (χ0) is 22.5. The van der Waals surface area contributed by atoms with E-state index in [-0.39, 0.29) is 35.9 Å². The summed E-state index contributed by atoms with van der Waals surface area (Å²) in [5.74, 6) is 0.179. The third-order valence-electron chi connectivity index (χ3n) is 5.56. The van der Waals surface area contributed by atoms with Gasteiger partial charge < -0.3 is 14.2 Å². The molecule has 2 rings (SSSR count). The molecule has 4 atom stereocenters. The van der Waals surface area contributed by atoms with E-state index >= 15 is 0 Å². The molecule has 0 spiro atoms. The van der Waals surface area contributed by atoms with Gasteiger partial charge in [0.1, 0.15) is 0 Å². The van der Waals surface area contributed by atoms with E-state index in [0.29, 0.717) is 32.5 Å². The van der Waals surface area contributed by atoms with Gasteiger partial charge in [0.05, 0.1) is 37.8 Å². The predicted octanol–water partition coefficient (Wildman–Crippen LogP) is 4.98. The normalized spacial score (nSPS) is 27.2. The van der Waals surface area contributed by atoms with Crippen molar-refractivity contribution in [2.45, 2.75) is 83.9 Å². The summed E-state index contributed by atoms with van der Waals surface area (Å²) in [5.41, 5.74) is 1.14. The van der Waals surface area contributed by atoms with Crippen LogP contribution < -0.4 is 0 Å². The second-order valence-electron chi connectivity index (χ2n) is 9.49. The van der Waals surface area contributed by atoms with E-state index in [1.165, 1.54) is 0 Å². The maximum absolute atomic E-state index is 11.7. The van der Waals surface area contributed by atoms with Crippen LogP contribution in [0.15, 0.2) is 22.3 Å². The highest BCUT2D eigenvalue weighted by atomic mass is 127. The molecule has 2 fully saturated rings. The van der Waals surface area contributed by atoms with Crippen LogP contribution in [0.1, 0.15) is 59.3 Å². The van der Waals surface area contributed by atoms with Crippen molar-refractivity contribution in [1.82, 2.24) is 0 Å². The van der Waals surface area contributed by atoms with Gasteiger partial charge in [0.25, 0.3) is 10.1 Å². The van der Waals surface area contributed by atoms with Crippen LogP contribution in [-0.2, 0) is 28.5 Å². The summed E-state index contributed by atoms with van der Waals surface area (Å²) in [6.45, 7) is 15.9. The first-order valence-corrected chi connectivity index (χ1v) is 13.5. The second-order valence-corrected chi connectivity index (χ2v) is 12.5. The molecule has 2 aliphatic heterocycles. The fraction of sp³-hybridized carbons (Fsp3) is 0.818. The summed E-state index contributed by atoms with van der Waals surface area (Å²) in [5, 5.41) is 0. The third kappa shape index (κ3) is 9.24. The molecule has 0 N–H and O–H groups in total. The fourth-order valence-corrected chi connectivity index (χ4v) is 4.69. The van der Waals surface area contributed by atoms with Crippen molar-refractivity contribution in [1.29, 1.82) is 0 Å². The van der Waals surface area contributed by atoms with Crippen LogP contribution in [0.2, 0.25) is 0 Å². The molecule has 2 aliphatic rings. The van der Waals surface area contributed by atoms with Gasteiger partial charge >= 0.3 is 0 Å². The maximum Gasteiger partial charge on any atom is 0.264 e. The Labute approximate surface area is 196 Å². The molecule has 2 heterocycles. The lowest BCUT2D eigenvalue weighted by atomic mass is 9.95. The Bertz CT molecular complexity index is 694. The van der Waals surface area contributed by atoms with Crippen LogP contribution in [0.25, 0.3) is 0 Å². The third-order valence-corrected chi connectivity index (χ3v) is 7.24. The van der Waals surface area contributed by atoms with Crippen molar-refractivity contribution in [3.8, 4) is 0 Å². The highest BCUT2D eigenvalue weighted by Gasteiger charge is 2.32. The molecule has 1 unspecified atom stereocenters. The number of ether oxygens (including phenoxy) is 3. The highest BCUT2D eigenvalue weighted by Crippen LogP contribution is 2.33. The molecule has 0 aromatic heterocycles. The Morgan fingerprint density at radius 1 is 1.27 bits per heavy atom. The van der Waals surface area contributed by atoms with Crippen LogP contribution in [0.4, 0.5) is 0 Å². The fourth-order valence-electron chi connectivity index (χ4n) is 3.77. The van der Waals surface area contributed by atoms with Crippen LogP contribution >= 0.6 is 22.6 Å². The molecule has 0 radical (unpaired) electrons. The summed E-state index contributed by atoms with van der Waals surface area (Å²) < 4.78 is 47.5. The maximum atomic E-state index is 11.7. The Balaban J connectivity index is 1.79. The van der Waals surface area contributed by atoms with E-state index in [1.807, 2.05) is 6.92 Å². The van der Waals surface area contributed by atoms with Gasteiger partial charge in [-0.25, -0.2) is 0 Å². The zero-order valence-corrected chi connectivity index (χ0v) is 21.7. The lowest BCUT2D eigenvalue weighted by molar-refractivity contribution is -0.225. The Morgan fingerprint density at radius 3 is 2.47 bits per heavy atom. The number of rotatable bonds is 11. The molecule has 174 valence electrons. The van der Waals surface area contributed by atoms with Crippen molar-refractivity contribution in [3.05, 3.63) is 22.3 Å². The molecule has 0 aliphatic carbocycles. The largest absolute Gasteiger partial charge is 0.370 e. The molecule has 0 aromatic rings. The standard InChI is InChI=1S/C22H37IO6S/c1-15(17(3)23)11-19(29-30(6,24)25)7-9-20-16(2)12-18(28-20)8-10-21-26-13-22(4,5)14-27-21/h15,18-21H,2-3,7-14H2,1,4-6H3/t15?,18-,19+,20-/m0/s1. The summed E-state index contributed by atoms with van der Waals surface area (Å²) in [7, 11) is -3.52. The van der Waals surface area contributed by atoms with Crippen LogP contribution in [0, 0.1) is 11.3 Å². The van der Waals surface area contributed by atoms with Gasteiger partial charge in [-0.1, -0.05) is 33.9 Å². The van der Waals surface area contributed by atoms with E-state index < -0.39 is 10.1 Å². The van der Waals surface area contributed by atoms with Gasteiger partial charge in [-0.05, 0) is 69.8 Å². The molecule has 6 nitrogen and oxygen atoms in total. The first-order chi connectivity index (χ1) is 13.8. The van der Waals surface area contributed by atoms with Gasteiger partial charge in [0.15, 0.2) is 6.29 Å². The second kappa shape index (κ2) is 11.2. The van der Waals surface area contributed by atoms with Gasteiger partial charge in [0.2, 0.25) is 0 Å². The average Bonchev–Trinajstić information content (AvgIpc) is 2.97. The van der Waals surface area contributed by atoms with E-state index in [1.54, 1.807) is 0 Å². The predicted molar refractivity (Wildman–Crippen MR) is 127 cm³/mol. The van der Waals surface area contributed by atoms with E-state index in [4.69, 9.17) is 18.4 Å². The summed E-state index contributed by atoms with van der Waals surface area (Å²) in [4.78, 5) is 0. The summed E-state index contributed by atoms with van der Waals surface area (Å²) in [6.07, 6.45) is 4.98. The van der Waals surface area contributed by atoms with Crippen LogP contribution in [0.3, 0.4) is 0 Å². The van der Waals surface area contributed by atoms with E-state index in [9.17, 15) is 8.42 Å². The number of hydrogen-bond donors (Lipinski definition) is 0. The number of halogens is 1. The monoisotopic (exact) mass is 556 g/mol. The van der Waals surface area contributed by atoms with Crippen molar-refractivity contribution in [2.24, 2.45) is 11.3 Å². The minimum atomic E-state index is -3.52. The van der Waals surface area contributed by atoms with Crippen molar-refractivity contribution in [3.63, 3.8) is 0 Å². The van der Waals surface area contributed by atoms with E-state index in [2.05, 4.69) is 49.6 Å². The quantitative estimate of drug-likeness (QED) is 0.203. The van der Waals surface area contributed by atoms with Gasteiger partial charge in [0, 0.05) is 11.8 Å². The van der Waals surface area contributed by atoms with Crippen LogP contribution in [-0.4, -0.2) is 52.5 Å². The first-order valence-electron chi connectivity index (χ1n) is 10.6. The lowest BCUT2D eigenvalue weighted by Crippen LogP contribution is -2.38. The first kappa shape index (κ1) is 26.3. The molecule has 30 heavy (non-hydrogen) atoms. The lowest BCUT2D eigenvalue weighted by Gasteiger charge is -2.34. The molecule has 0 saturated carbocycles. The average molecular weight is 557 g/mol. The number of hydrogen-bond acceptors (Lipinski definition) is 6. The molecule has 0 bridgehead atoms. The van der Waals surface area contributed by atoms with Crippen LogP contribution in [0.5, 0.6) is 0 Å². The molecular formula is C22H37IO6S. The Kier molecular flexibility index (Phi) is 9.83. The molecule has 2 saturated heterocycles. The zero-order valence-electron chi connectivity index (χ0n) is 18.7. The summed E-state index contributed by atoms with van der Waals surface area (Å²) in [6, 6.07) is 0. The van der Waals surface area contributed by atoms with Crippen molar-refractivity contribution in [2.75, 3.05) is 19.5 Å². The molecule has 0 amide bonds. The van der Waals surface area contributed by atoms with E-state index in [0.717, 1.165) is 34.7 Å². The minimum Gasteiger partial charge on any atom is -0.370 e. The smallest absolute Gasteiger partial charge is 0.264 e. The molecule has 8 heteroatoms. The van der Waals surface area contributed by atoms with Gasteiger partial charge in [-0.3, -0.25) is 4.18 Å². The Morgan fingerprint density at radius 2 is 1.90 bits per heavy atom. The number of allylic oxidation sites excluding steroid dienone is 1. The molecule has 0 aromatic carbocycles.